The van der Waals surface area contributed by atoms with Crippen molar-refractivity contribution in [2.45, 2.75) is 12.8 Å². The number of nitrogens with zero attached hydrogens (tertiary/aromatic N) is 1. The molecule has 6 nitrogen and oxygen atoms in total. The Bertz CT molecular complexity index is 524. The van der Waals surface area contributed by atoms with Crippen LogP contribution in [0.25, 0.3) is 0 Å². The molecule has 0 aliphatic carbocycles. The summed E-state index contributed by atoms with van der Waals surface area (Å²) in [6.07, 6.45) is 0. The van der Waals surface area contributed by atoms with Crippen LogP contribution in [0, 0.1) is 0 Å². The van der Waals surface area contributed by atoms with Crippen molar-refractivity contribution in [3.05, 3.63) is 29.8 Å². The second-order valence-electron chi connectivity index (χ2n) is 4.36. The summed E-state index contributed by atoms with van der Waals surface area (Å²) in [6.45, 7) is 2.42. The van der Waals surface area contributed by atoms with Crippen LogP contribution in [0.5, 0.6) is 0 Å². The highest BCUT2D eigenvalue weighted by atomic mass is 16.4. The molecule has 1 aromatic carbocycles. The maximum Gasteiger partial charge on any atom is 0.316 e. The zero-order valence-corrected chi connectivity index (χ0v) is 10.4. The second-order valence-corrected chi connectivity index (χ2v) is 4.36. The Morgan fingerprint density at radius 2 is 1.95 bits per heavy atom. The third kappa shape index (κ3) is 2.57. The molecular formula is C13H14N2O4. The standard InChI is InChI=1S/C13H14N2O4/c1-8(13(18)19)9-2-4-10(5-3-9)15-7-6-14-11(16)12(15)17/h2-5,8H,6-7H2,1H3,(H,14,16)(H,18,19). The molecule has 0 spiro atoms. The number of piperazine rings is 1. The van der Waals surface area contributed by atoms with Crippen LogP contribution in [0.4, 0.5) is 5.69 Å². The number of hydrogen-bond donors (Lipinski definition) is 2. The summed E-state index contributed by atoms with van der Waals surface area (Å²) in [5.41, 5.74) is 1.26. The van der Waals surface area contributed by atoms with E-state index in [1.165, 1.54) is 4.90 Å². The van der Waals surface area contributed by atoms with E-state index in [1.54, 1.807) is 31.2 Å². The van der Waals surface area contributed by atoms with Crippen molar-refractivity contribution in [1.82, 2.24) is 5.32 Å². The number of carbonyl (C=O) groups excluding carboxylic acids is 2. The Kier molecular flexibility index (Phi) is 3.50. The number of amides is 2. The van der Waals surface area contributed by atoms with Gasteiger partial charge in [-0.2, -0.15) is 0 Å². The maximum atomic E-state index is 11.7. The Labute approximate surface area is 110 Å². The van der Waals surface area contributed by atoms with Gasteiger partial charge in [-0.25, -0.2) is 0 Å². The Balaban J connectivity index is 2.20. The molecule has 0 bridgehead atoms. The van der Waals surface area contributed by atoms with E-state index in [0.717, 1.165) is 0 Å². The van der Waals surface area contributed by atoms with Gasteiger partial charge in [0, 0.05) is 18.8 Å². The van der Waals surface area contributed by atoms with Crippen LogP contribution < -0.4 is 10.2 Å². The number of hydrogen-bond acceptors (Lipinski definition) is 3. The molecule has 1 aliphatic heterocycles. The maximum absolute atomic E-state index is 11.7. The van der Waals surface area contributed by atoms with Crippen LogP contribution in [-0.4, -0.2) is 36.0 Å². The molecule has 2 N–H and O–H groups in total. The van der Waals surface area contributed by atoms with E-state index in [9.17, 15) is 14.4 Å². The van der Waals surface area contributed by atoms with Crippen LogP contribution in [0.15, 0.2) is 24.3 Å². The zero-order chi connectivity index (χ0) is 14.0. The quantitative estimate of drug-likeness (QED) is 0.769. The van der Waals surface area contributed by atoms with Crippen LogP contribution >= 0.6 is 0 Å². The van der Waals surface area contributed by atoms with Gasteiger partial charge in [0.05, 0.1) is 5.92 Å². The van der Waals surface area contributed by atoms with Gasteiger partial charge in [0.25, 0.3) is 0 Å². The normalized spacial score (nSPS) is 17.0. The average molecular weight is 262 g/mol. The largest absolute Gasteiger partial charge is 0.481 e. The van der Waals surface area contributed by atoms with Crippen molar-refractivity contribution in [3.8, 4) is 0 Å². The first kappa shape index (κ1) is 13.1. The van der Waals surface area contributed by atoms with E-state index >= 15 is 0 Å². The summed E-state index contributed by atoms with van der Waals surface area (Å²) in [4.78, 5) is 35.2. The first-order valence-electron chi connectivity index (χ1n) is 5.93. The fraction of sp³-hybridized carbons (Fsp3) is 0.308. The number of nitrogens with one attached hydrogen (secondary N) is 1. The number of rotatable bonds is 3. The molecule has 0 aromatic heterocycles. The molecule has 2 rings (SSSR count). The van der Waals surface area contributed by atoms with Crippen LogP contribution in [0.2, 0.25) is 0 Å². The lowest BCUT2D eigenvalue weighted by molar-refractivity contribution is -0.138. The smallest absolute Gasteiger partial charge is 0.316 e. The lowest BCUT2D eigenvalue weighted by Gasteiger charge is -2.26. The molecule has 1 unspecified atom stereocenters. The highest BCUT2D eigenvalue weighted by Gasteiger charge is 2.27. The van der Waals surface area contributed by atoms with E-state index < -0.39 is 23.7 Å². The number of anilines is 1. The van der Waals surface area contributed by atoms with Gasteiger partial charge in [-0.1, -0.05) is 12.1 Å². The average Bonchev–Trinajstić information content (AvgIpc) is 2.41. The Morgan fingerprint density at radius 3 is 2.53 bits per heavy atom. The molecule has 2 amide bonds. The summed E-state index contributed by atoms with van der Waals surface area (Å²) >= 11 is 0. The lowest BCUT2D eigenvalue weighted by atomic mass is 10.0. The predicted octanol–water partition coefficient (Wildman–Crippen LogP) is 0.337. The minimum absolute atomic E-state index is 0.415. The summed E-state index contributed by atoms with van der Waals surface area (Å²) in [5.74, 6) is -2.71. The minimum Gasteiger partial charge on any atom is -0.481 e. The van der Waals surface area contributed by atoms with Gasteiger partial charge in [-0.05, 0) is 24.6 Å². The molecule has 1 saturated heterocycles. The number of aliphatic carboxylic acids is 1. The van der Waals surface area contributed by atoms with Crippen molar-refractivity contribution in [2.24, 2.45) is 0 Å². The van der Waals surface area contributed by atoms with Gasteiger partial charge in [-0.3, -0.25) is 14.4 Å². The number of carboxylic acids is 1. The molecule has 1 atom stereocenters. The highest BCUT2D eigenvalue weighted by Crippen LogP contribution is 2.21. The SMILES string of the molecule is CC(C(=O)O)c1ccc(N2CCNC(=O)C2=O)cc1. The van der Waals surface area contributed by atoms with Gasteiger partial charge >= 0.3 is 17.8 Å². The molecule has 0 saturated carbocycles. The minimum atomic E-state index is -0.902. The van der Waals surface area contributed by atoms with Crippen molar-refractivity contribution in [1.29, 1.82) is 0 Å². The molecule has 1 aromatic rings. The highest BCUT2D eigenvalue weighted by molar-refractivity contribution is 6.41. The molecular weight excluding hydrogens is 248 g/mol. The summed E-state index contributed by atoms with van der Waals surface area (Å²) in [6, 6.07) is 6.64. The zero-order valence-electron chi connectivity index (χ0n) is 10.4. The number of carbonyl (C=O) groups is 3. The molecule has 1 aliphatic rings. The van der Waals surface area contributed by atoms with E-state index in [1.807, 2.05) is 0 Å². The molecule has 0 radical (unpaired) electrons. The molecule has 6 heteroatoms. The first-order valence-corrected chi connectivity index (χ1v) is 5.93. The molecule has 100 valence electrons. The van der Waals surface area contributed by atoms with Gasteiger partial charge in [0.1, 0.15) is 0 Å². The van der Waals surface area contributed by atoms with E-state index in [0.29, 0.717) is 24.3 Å². The van der Waals surface area contributed by atoms with E-state index in [2.05, 4.69) is 5.32 Å². The molecule has 1 heterocycles. The van der Waals surface area contributed by atoms with Crippen LogP contribution in [0.3, 0.4) is 0 Å². The monoisotopic (exact) mass is 262 g/mol. The number of carboxylic acid groups (broad SMARTS) is 1. The van der Waals surface area contributed by atoms with Gasteiger partial charge in [0.15, 0.2) is 0 Å². The van der Waals surface area contributed by atoms with Crippen molar-refractivity contribution >= 4 is 23.5 Å². The molecule has 19 heavy (non-hydrogen) atoms. The fourth-order valence-electron chi connectivity index (χ4n) is 1.91. The summed E-state index contributed by atoms with van der Waals surface area (Å²) in [5, 5.41) is 11.4. The number of benzene rings is 1. The topological polar surface area (TPSA) is 86.7 Å². The van der Waals surface area contributed by atoms with Crippen LogP contribution in [-0.2, 0) is 14.4 Å². The third-order valence-electron chi connectivity index (χ3n) is 3.14. The van der Waals surface area contributed by atoms with Crippen molar-refractivity contribution in [2.75, 3.05) is 18.0 Å². The summed E-state index contributed by atoms with van der Waals surface area (Å²) < 4.78 is 0. The van der Waals surface area contributed by atoms with Crippen LogP contribution in [0.1, 0.15) is 18.4 Å². The first-order chi connectivity index (χ1) is 9.00. The Hall–Kier alpha value is -2.37. The fourth-order valence-corrected chi connectivity index (χ4v) is 1.91. The second kappa shape index (κ2) is 5.09. The summed E-state index contributed by atoms with van der Waals surface area (Å²) in [7, 11) is 0. The van der Waals surface area contributed by atoms with Gasteiger partial charge in [-0.15, -0.1) is 0 Å². The van der Waals surface area contributed by atoms with Gasteiger partial charge < -0.3 is 15.3 Å². The predicted molar refractivity (Wildman–Crippen MR) is 67.9 cm³/mol. The van der Waals surface area contributed by atoms with E-state index in [4.69, 9.17) is 5.11 Å². The lowest BCUT2D eigenvalue weighted by Crippen LogP contribution is -2.52. The molecule has 1 fully saturated rings. The van der Waals surface area contributed by atoms with E-state index in [-0.39, 0.29) is 0 Å². The van der Waals surface area contributed by atoms with Crippen molar-refractivity contribution < 1.29 is 19.5 Å². The Morgan fingerprint density at radius 1 is 1.32 bits per heavy atom. The van der Waals surface area contributed by atoms with Gasteiger partial charge in [0.2, 0.25) is 0 Å². The third-order valence-corrected chi connectivity index (χ3v) is 3.14. The van der Waals surface area contributed by atoms with Crippen molar-refractivity contribution in [3.63, 3.8) is 0 Å².